The van der Waals surface area contributed by atoms with Crippen LogP contribution < -0.4 is 0 Å². The lowest BCUT2D eigenvalue weighted by Crippen LogP contribution is -2.34. The molecule has 1 aliphatic rings. The van der Waals surface area contributed by atoms with Crippen molar-refractivity contribution in [3.63, 3.8) is 0 Å². The van der Waals surface area contributed by atoms with Crippen molar-refractivity contribution in [3.05, 3.63) is 46.0 Å². The topological polar surface area (TPSA) is 63.0 Å². The first-order valence-corrected chi connectivity index (χ1v) is 8.81. The first-order chi connectivity index (χ1) is 11.7. The highest BCUT2D eigenvalue weighted by molar-refractivity contribution is 7.08. The van der Waals surface area contributed by atoms with E-state index in [1.165, 1.54) is 24.7 Å². The Hall–Kier alpha value is -2.12. The molecule has 0 bridgehead atoms. The Morgan fingerprint density at radius 3 is 2.88 bits per heavy atom. The highest BCUT2D eigenvalue weighted by Crippen LogP contribution is 2.15. The predicted molar refractivity (Wildman–Crippen MR) is 90.2 cm³/mol. The van der Waals surface area contributed by atoms with E-state index in [-0.39, 0.29) is 5.91 Å². The van der Waals surface area contributed by atoms with Crippen LogP contribution in [-0.4, -0.2) is 55.0 Å². The van der Waals surface area contributed by atoms with Crippen LogP contribution in [0.2, 0.25) is 0 Å². The molecule has 0 spiro atoms. The van der Waals surface area contributed by atoms with Gasteiger partial charge in [0.15, 0.2) is 0 Å². The molecule has 0 atom stereocenters. The van der Waals surface area contributed by atoms with E-state index in [1.54, 1.807) is 6.07 Å². The number of thiophene rings is 1. The first kappa shape index (κ1) is 16.7. The lowest BCUT2D eigenvalue weighted by Gasteiger charge is -2.21. The summed E-state index contributed by atoms with van der Waals surface area (Å²) in [6.45, 7) is 3.75. The number of ether oxygens (including phenoxy) is 1. The van der Waals surface area contributed by atoms with Crippen molar-refractivity contribution in [3.8, 4) is 0 Å². The molecular weight excluding hydrogens is 328 g/mol. The number of carbonyl (C=O) groups is 2. The predicted octanol–water partition coefficient (Wildman–Crippen LogP) is 2.48. The maximum absolute atomic E-state index is 12.4. The van der Waals surface area contributed by atoms with Gasteiger partial charge < -0.3 is 14.1 Å². The van der Waals surface area contributed by atoms with E-state index < -0.39 is 5.97 Å². The molecule has 2 aromatic heterocycles. The van der Waals surface area contributed by atoms with Gasteiger partial charge in [-0.3, -0.25) is 9.69 Å². The van der Waals surface area contributed by atoms with E-state index in [9.17, 15) is 9.59 Å². The molecule has 7 heteroatoms. The summed E-state index contributed by atoms with van der Waals surface area (Å²) in [7, 11) is 1.35. The molecular formula is C17H20N2O4S. The largest absolute Gasteiger partial charge is 0.467 e. The van der Waals surface area contributed by atoms with Gasteiger partial charge in [0.2, 0.25) is 0 Å². The third-order valence-corrected chi connectivity index (χ3v) is 4.78. The second kappa shape index (κ2) is 7.63. The van der Waals surface area contributed by atoms with Crippen LogP contribution in [-0.2, 0) is 11.3 Å². The van der Waals surface area contributed by atoms with E-state index in [2.05, 4.69) is 9.64 Å². The molecule has 2 aromatic rings. The van der Waals surface area contributed by atoms with Crippen LogP contribution in [0.4, 0.5) is 0 Å². The van der Waals surface area contributed by atoms with Crippen molar-refractivity contribution in [2.75, 3.05) is 33.3 Å². The summed E-state index contributed by atoms with van der Waals surface area (Å²) < 4.78 is 10.1. The number of hydrogen-bond donors (Lipinski definition) is 0. The van der Waals surface area contributed by atoms with Gasteiger partial charge in [0.05, 0.1) is 24.8 Å². The summed E-state index contributed by atoms with van der Waals surface area (Å²) in [5, 5.41) is 3.81. The summed E-state index contributed by atoms with van der Waals surface area (Å²) in [6, 6.07) is 3.58. The summed E-state index contributed by atoms with van der Waals surface area (Å²) >= 11 is 1.54. The lowest BCUT2D eigenvalue weighted by atomic mass is 10.3. The number of amides is 1. The molecule has 0 unspecified atom stereocenters. The van der Waals surface area contributed by atoms with Gasteiger partial charge in [-0.25, -0.2) is 4.79 Å². The van der Waals surface area contributed by atoms with Crippen LogP contribution >= 0.6 is 11.3 Å². The molecule has 24 heavy (non-hydrogen) atoms. The Morgan fingerprint density at radius 2 is 2.12 bits per heavy atom. The zero-order valence-corrected chi connectivity index (χ0v) is 14.4. The number of hydrogen-bond acceptors (Lipinski definition) is 6. The standard InChI is InChI=1S/C17H20N2O4S/c1-22-17(21)14-9-15(23-11-14)10-18-4-2-5-19(7-6-18)16(20)13-3-8-24-12-13/h3,8-9,11-12H,2,4-7,10H2,1H3. The minimum atomic E-state index is -0.395. The number of methoxy groups -OCH3 is 1. The molecule has 0 radical (unpaired) electrons. The van der Waals surface area contributed by atoms with E-state index in [0.717, 1.165) is 37.4 Å². The summed E-state index contributed by atoms with van der Waals surface area (Å²) in [5.41, 5.74) is 1.19. The molecule has 3 rings (SSSR count). The second-order valence-electron chi connectivity index (χ2n) is 5.73. The highest BCUT2D eigenvalue weighted by atomic mass is 32.1. The van der Waals surface area contributed by atoms with Gasteiger partial charge in [0.25, 0.3) is 5.91 Å². The third-order valence-electron chi connectivity index (χ3n) is 4.10. The normalized spacial score (nSPS) is 16.0. The first-order valence-electron chi connectivity index (χ1n) is 7.87. The molecule has 1 amide bonds. The number of carbonyl (C=O) groups excluding carboxylic acids is 2. The van der Waals surface area contributed by atoms with E-state index in [0.29, 0.717) is 18.7 Å². The van der Waals surface area contributed by atoms with Crippen molar-refractivity contribution in [2.45, 2.75) is 13.0 Å². The van der Waals surface area contributed by atoms with Gasteiger partial charge in [-0.2, -0.15) is 11.3 Å². The van der Waals surface area contributed by atoms with Gasteiger partial charge in [-0.1, -0.05) is 0 Å². The molecule has 0 N–H and O–H groups in total. The Morgan fingerprint density at radius 1 is 1.25 bits per heavy atom. The SMILES string of the molecule is COC(=O)c1coc(CN2CCCN(C(=O)c3ccsc3)CC2)c1. The van der Waals surface area contributed by atoms with Crippen LogP contribution in [0.5, 0.6) is 0 Å². The van der Waals surface area contributed by atoms with E-state index in [4.69, 9.17) is 4.42 Å². The molecule has 1 aliphatic heterocycles. The Labute approximate surface area is 144 Å². The van der Waals surface area contributed by atoms with Crippen molar-refractivity contribution >= 4 is 23.2 Å². The van der Waals surface area contributed by atoms with Gasteiger partial charge >= 0.3 is 5.97 Å². The number of nitrogens with zero attached hydrogens (tertiary/aromatic N) is 2. The molecule has 0 aliphatic carbocycles. The summed E-state index contributed by atoms with van der Waals surface area (Å²) in [5.74, 6) is 0.436. The van der Waals surface area contributed by atoms with Crippen molar-refractivity contribution in [1.82, 2.24) is 9.80 Å². The summed E-state index contributed by atoms with van der Waals surface area (Å²) in [4.78, 5) is 28.0. The van der Waals surface area contributed by atoms with Crippen LogP contribution in [0.15, 0.2) is 33.6 Å². The molecule has 1 fully saturated rings. The molecule has 0 saturated carbocycles. The fraction of sp³-hybridized carbons (Fsp3) is 0.412. The van der Waals surface area contributed by atoms with Crippen LogP contribution in [0, 0.1) is 0 Å². The quantitative estimate of drug-likeness (QED) is 0.795. The monoisotopic (exact) mass is 348 g/mol. The maximum atomic E-state index is 12.4. The Bertz CT molecular complexity index is 695. The zero-order chi connectivity index (χ0) is 16.9. The van der Waals surface area contributed by atoms with Crippen molar-refractivity contribution < 1.29 is 18.7 Å². The van der Waals surface area contributed by atoms with Gasteiger partial charge in [-0.15, -0.1) is 0 Å². The highest BCUT2D eigenvalue weighted by Gasteiger charge is 2.21. The van der Waals surface area contributed by atoms with Crippen LogP contribution in [0.3, 0.4) is 0 Å². The van der Waals surface area contributed by atoms with Crippen molar-refractivity contribution in [1.29, 1.82) is 0 Å². The third kappa shape index (κ3) is 3.85. The van der Waals surface area contributed by atoms with E-state index >= 15 is 0 Å². The van der Waals surface area contributed by atoms with Crippen molar-refractivity contribution in [2.24, 2.45) is 0 Å². The molecule has 1 saturated heterocycles. The fourth-order valence-corrected chi connectivity index (χ4v) is 3.44. The second-order valence-corrected chi connectivity index (χ2v) is 6.51. The number of esters is 1. The average Bonchev–Trinajstić information content (AvgIpc) is 3.23. The smallest absolute Gasteiger partial charge is 0.341 e. The lowest BCUT2D eigenvalue weighted by molar-refractivity contribution is 0.0599. The number of furan rings is 1. The Kier molecular flexibility index (Phi) is 5.32. The van der Waals surface area contributed by atoms with Gasteiger partial charge in [0.1, 0.15) is 12.0 Å². The molecule has 128 valence electrons. The maximum Gasteiger partial charge on any atom is 0.341 e. The molecule has 3 heterocycles. The minimum absolute atomic E-state index is 0.101. The zero-order valence-electron chi connectivity index (χ0n) is 13.6. The van der Waals surface area contributed by atoms with E-state index in [1.807, 2.05) is 21.7 Å². The van der Waals surface area contributed by atoms with Gasteiger partial charge in [0, 0.05) is 31.6 Å². The molecule has 0 aromatic carbocycles. The van der Waals surface area contributed by atoms with Gasteiger partial charge in [-0.05, 0) is 23.9 Å². The van der Waals surface area contributed by atoms with Crippen LogP contribution in [0.25, 0.3) is 0 Å². The van der Waals surface area contributed by atoms with Crippen LogP contribution in [0.1, 0.15) is 32.9 Å². The number of rotatable bonds is 4. The summed E-state index contributed by atoms with van der Waals surface area (Å²) in [6.07, 6.45) is 2.34. The Balaban J connectivity index is 1.56. The minimum Gasteiger partial charge on any atom is -0.467 e. The fourth-order valence-electron chi connectivity index (χ4n) is 2.81. The molecule has 6 nitrogen and oxygen atoms in total. The average molecular weight is 348 g/mol.